The van der Waals surface area contributed by atoms with Gasteiger partial charge in [0.15, 0.2) is 0 Å². The topological polar surface area (TPSA) is 32.3 Å². The fourth-order valence-electron chi connectivity index (χ4n) is 2.77. The molecule has 2 heterocycles. The second kappa shape index (κ2) is 5.22. The van der Waals surface area contributed by atoms with E-state index < -0.39 is 0 Å². The summed E-state index contributed by atoms with van der Waals surface area (Å²) in [5, 5.41) is 0. The van der Waals surface area contributed by atoms with Crippen molar-refractivity contribution in [2.75, 3.05) is 24.5 Å². The van der Waals surface area contributed by atoms with Gasteiger partial charge in [0.2, 0.25) is 5.95 Å². The molecule has 0 spiro atoms. The number of aromatic nitrogens is 2. The predicted molar refractivity (Wildman–Crippen MR) is 75.0 cm³/mol. The normalized spacial score (nSPS) is 21.7. The maximum absolute atomic E-state index is 4.56. The van der Waals surface area contributed by atoms with Crippen molar-refractivity contribution in [1.82, 2.24) is 14.9 Å². The molecule has 0 saturated carbocycles. The number of hydrogen-bond acceptors (Lipinski definition) is 4. The Hall–Kier alpha value is -1.16. The first-order valence-electron chi connectivity index (χ1n) is 6.80. The first-order chi connectivity index (χ1) is 8.47. The first kappa shape index (κ1) is 13.3. The zero-order chi connectivity index (χ0) is 13.3. The average Bonchev–Trinajstić information content (AvgIpc) is 2.26. The molecule has 0 aromatic carbocycles. The number of aryl methyl sites for hydroxylation is 2. The molecule has 0 unspecified atom stereocenters. The first-order valence-corrected chi connectivity index (χ1v) is 6.80. The van der Waals surface area contributed by atoms with Crippen LogP contribution in [0.4, 0.5) is 5.95 Å². The Morgan fingerprint density at radius 3 is 2.28 bits per heavy atom. The number of rotatable bonds is 2. The summed E-state index contributed by atoms with van der Waals surface area (Å²) in [4.78, 5) is 14.0. The summed E-state index contributed by atoms with van der Waals surface area (Å²) in [6, 6.07) is 3.20. The van der Waals surface area contributed by atoms with Gasteiger partial charge in [-0.25, -0.2) is 9.97 Å². The van der Waals surface area contributed by atoms with Crippen LogP contribution in [-0.4, -0.2) is 46.6 Å². The molecule has 2 rings (SSSR count). The zero-order valence-electron chi connectivity index (χ0n) is 12.1. The Labute approximate surface area is 110 Å². The molecule has 1 aliphatic rings. The van der Waals surface area contributed by atoms with Crippen LogP contribution in [0.3, 0.4) is 0 Å². The van der Waals surface area contributed by atoms with E-state index in [0.717, 1.165) is 37.0 Å². The molecule has 18 heavy (non-hydrogen) atoms. The standard InChI is InChI=1S/C14H24N4/c1-10(2)18-7-6-17(9-13(18)5)14-15-11(3)8-12(4)16-14/h8,10,13H,6-7,9H2,1-5H3/t13-/m1/s1. The van der Waals surface area contributed by atoms with Crippen LogP contribution >= 0.6 is 0 Å². The van der Waals surface area contributed by atoms with Crippen molar-refractivity contribution in [3.05, 3.63) is 17.5 Å². The Balaban J connectivity index is 2.12. The van der Waals surface area contributed by atoms with E-state index in [1.807, 2.05) is 19.9 Å². The third-order valence-electron chi connectivity index (χ3n) is 3.60. The van der Waals surface area contributed by atoms with Gasteiger partial charge in [0.05, 0.1) is 0 Å². The van der Waals surface area contributed by atoms with E-state index in [4.69, 9.17) is 0 Å². The van der Waals surface area contributed by atoms with Gasteiger partial charge in [0.1, 0.15) is 0 Å². The van der Waals surface area contributed by atoms with E-state index in [0.29, 0.717) is 12.1 Å². The highest BCUT2D eigenvalue weighted by molar-refractivity contribution is 5.33. The van der Waals surface area contributed by atoms with Crippen molar-refractivity contribution in [2.45, 2.75) is 46.7 Å². The quantitative estimate of drug-likeness (QED) is 0.801. The van der Waals surface area contributed by atoms with Gasteiger partial charge in [-0.15, -0.1) is 0 Å². The second-order valence-corrected chi connectivity index (χ2v) is 5.58. The summed E-state index contributed by atoms with van der Waals surface area (Å²) in [5.74, 6) is 0.891. The van der Waals surface area contributed by atoms with Crippen LogP contribution in [0.5, 0.6) is 0 Å². The fourth-order valence-corrected chi connectivity index (χ4v) is 2.77. The van der Waals surface area contributed by atoms with E-state index in [9.17, 15) is 0 Å². The predicted octanol–water partition coefficient (Wildman–Crippen LogP) is 2.01. The summed E-state index contributed by atoms with van der Waals surface area (Å²) in [7, 11) is 0. The molecule has 1 aliphatic heterocycles. The van der Waals surface area contributed by atoms with E-state index in [1.165, 1.54) is 0 Å². The highest BCUT2D eigenvalue weighted by Crippen LogP contribution is 2.17. The molecule has 0 bridgehead atoms. The maximum Gasteiger partial charge on any atom is 0.225 e. The largest absolute Gasteiger partial charge is 0.338 e. The van der Waals surface area contributed by atoms with Crippen LogP contribution in [0.15, 0.2) is 6.07 Å². The van der Waals surface area contributed by atoms with Crippen molar-refractivity contribution < 1.29 is 0 Å². The molecule has 4 nitrogen and oxygen atoms in total. The summed E-state index contributed by atoms with van der Waals surface area (Å²) in [6.07, 6.45) is 0. The molecule has 100 valence electrons. The van der Waals surface area contributed by atoms with Gasteiger partial charge in [-0.1, -0.05) is 0 Å². The van der Waals surface area contributed by atoms with Crippen molar-refractivity contribution in [3.63, 3.8) is 0 Å². The van der Waals surface area contributed by atoms with E-state index in [2.05, 4.69) is 40.5 Å². The van der Waals surface area contributed by atoms with Crippen LogP contribution < -0.4 is 4.90 Å². The molecule has 0 aliphatic carbocycles. The molecule has 0 amide bonds. The van der Waals surface area contributed by atoms with Crippen LogP contribution in [0, 0.1) is 13.8 Å². The monoisotopic (exact) mass is 248 g/mol. The van der Waals surface area contributed by atoms with E-state index in [-0.39, 0.29) is 0 Å². The highest BCUT2D eigenvalue weighted by Gasteiger charge is 2.26. The smallest absolute Gasteiger partial charge is 0.225 e. The minimum Gasteiger partial charge on any atom is -0.338 e. The zero-order valence-corrected chi connectivity index (χ0v) is 12.1. The van der Waals surface area contributed by atoms with Crippen molar-refractivity contribution in [2.24, 2.45) is 0 Å². The Kier molecular flexibility index (Phi) is 3.85. The number of piperazine rings is 1. The molecule has 4 heteroatoms. The fraction of sp³-hybridized carbons (Fsp3) is 0.714. The van der Waals surface area contributed by atoms with Crippen LogP contribution in [0.25, 0.3) is 0 Å². The van der Waals surface area contributed by atoms with Crippen molar-refractivity contribution in [3.8, 4) is 0 Å². The second-order valence-electron chi connectivity index (χ2n) is 5.58. The molecule has 1 aromatic rings. The number of anilines is 1. The summed E-state index contributed by atoms with van der Waals surface area (Å²) in [5.41, 5.74) is 2.10. The molecule has 1 fully saturated rings. The summed E-state index contributed by atoms with van der Waals surface area (Å²) < 4.78 is 0. The molecular weight excluding hydrogens is 224 g/mol. The minimum absolute atomic E-state index is 0.558. The van der Waals surface area contributed by atoms with Crippen LogP contribution in [0.2, 0.25) is 0 Å². The molecular formula is C14H24N4. The SMILES string of the molecule is Cc1cc(C)nc(N2CCN(C(C)C)[C@H](C)C2)n1. The van der Waals surface area contributed by atoms with Gasteiger partial charge in [0.25, 0.3) is 0 Å². The lowest BCUT2D eigenvalue weighted by atomic mass is 10.1. The third-order valence-corrected chi connectivity index (χ3v) is 3.60. The Morgan fingerprint density at radius 1 is 1.17 bits per heavy atom. The molecule has 1 atom stereocenters. The molecule has 0 radical (unpaired) electrons. The molecule has 1 saturated heterocycles. The minimum atomic E-state index is 0.558. The third kappa shape index (κ3) is 2.80. The van der Waals surface area contributed by atoms with E-state index >= 15 is 0 Å². The summed E-state index contributed by atoms with van der Waals surface area (Å²) >= 11 is 0. The lowest BCUT2D eigenvalue weighted by Gasteiger charge is -2.42. The lowest BCUT2D eigenvalue weighted by Crippen LogP contribution is -2.54. The van der Waals surface area contributed by atoms with Crippen molar-refractivity contribution in [1.29, 1.82) is 0 Å². The van der Waals surface area contributed by atoms with Gasteiger partial charge < -0.3 is 4.90 Å². The lowest BCUT2D eigenvalue weighted by molar-refractivity contribution is 0.147. The Bertz CT molecular complexity index is 396. The van der Waals surface area contributed by atoms with E-state index in [1.54, 1.807) is 0 Å². The van der Waals surface area contributed by atoms with Crippen molar-refractivity contribution >= 4 is 5.95 Å². The van der Waals surface area contributed by atoms with Gasteiger partial charge in [-0.3, -0.25) is 4.90 Å². The summed E-state index contributed by atoms with van der Waals surface area (Å²) in [6.45, 7) is 14.0. The van der Waals surface area contributed by atoms with Gasteiger partial charge in [-0.2, -0.15) is 0 Å². The molecule has 0 N–H and O–H groups in total. The van der Waals surface area contributed by atoms with Crippen LogP contribution in [0.1, 0.15) is 32.2 Å². The van der Waals surface area contributed by atoms with Gasteiger partial charge in [0, 0.05) is 43.1 Å². The van der Waals surface area contributed by atoms with Gasteiger partial charge >= 0.3 is 0 Å². The highest BCUT2D eigenvalue weighted by atomic mass is 15.3. The Morgan fingerprint density at radius 2 is 1.78 bits per heavy atom. The van der Waals surface area contributed by atoms with Gasteiger partial charge in [-0.05, 0) is 40.7 Å². The number of hydrogen-bond donors (Lipinski definition) is 0. The maximum atomic E-state index is 4.56. The average molecular weight is 248 g/mol. The van der Waals surface area contributed by atoms with Crippen LogP contribution in [-0.2, 0) is 0 Å². The number of nitrogens with zero attached hydrogens (tertiary/aromatic N) is 4. The molecule has 1 aromatic heterocycles.